The summed E-state index contributed by atoms with van der Waals surface area (Å²) in [4.78, 5) is 0. The van der Waals surface area contributed by atoms with Gasteiger partial charge < -0.3 is 0 Å². The zero-order chi connectivity index (χ0) is 14.8. The normalized spacial score (nSPS) is 20.1. The smallest absolute Gasteiger partial charge is 0.141 e. The Morgan fingerprint density at radius 2 is 2.15 bits per heavy atom. The molecule has 1 aromatic heterocycles. The first-order valence-corrected chi connectivity index (χ1v) is 7.13. The average Bonchev–Trinajstić information content (AvgIpc) is 2.98. The van der Waals surface area contributed by atoms with Crippen LogP contribution in [0.15, 0.2) is 41.1 Å². The van der Waals surface area contributed by atoms with Gasteiger partial charge in [-0.15, -0.1) is 10.2 Å². The van der Waals surface area contributed by atoms with Crippen LogP contribution in [0.3, 0.4) is 0 Å². The molecule has 2 rings (SSSR count). The van der Waals surface area contributed by atoms with Crippen molar-refractivity contribution in [3.05, 3.63) is 36.0 Å². The van der Waals surface area contributed by atoms with Crippen molar-refractivity contribution in [3.63, 3.8) is 0 Å². The summed E-state index contributed by atoms with van der Waals surface area (Å²) in [5.41, 5.74) is 4.38. The second kappa shape index (κ2) is 5.73. The summed E-state index contributed by atoms with van der Waals surface area (Å²) in [5, 5.41) is 11.9. The maximum absolute atomic E-state index is 4.40. The molecule has 0 N–H and O–H groups in total. The summed E-state index contributed by atoms with van der Waals surface area (Å²) in [5.74, 6) is 0.553. The van der Waals surface area contributed by atoms with Gasteiger partial charge in [-0.3, -0.25) is 0 Å². The zero-order valence-electron chi connectivity index (χ0n) is 12.9. The lowest BCUT2D eigenvalue weighted by Crippen LogP contribution is -2.17. The molecule has 0 radical (unpaired) electrons. The van der Waals surface area contributed by atoms with E-state index >= 15 is 0 Å². The molecule has 4 nitrogen and oxygen atoms in total. The predicted octanol–water partition coefficient (Wildman–Crippen LogP) is 3.83. The van der Waals surface area contributed by atoms with Crippen molar-refractivity contribution in [1.82, 2.24) is 14.9 Å². The minimum atomic E-state index is 0.0128. The molecule has 0 amide bonds. The lowest BCUT2D eigenvalue weighted by molar-refractivity contribution is 0.498. The Morgan fingerprint density at radius 3 is 2.75 bits per heavy atom. The topological polar surface area (TPSA) is 43.1 Å². The Kier molecular flexibility index (Phi) is 4.21. The van der Waals surface area contributed by atoms with Gasteiger partial charge in [0, 0.05) is 17.5 Å². The average molecular weight is 272 g/mol. The van der Waals surface area contributed by atoms with Crippen molar-refractivity contribution in [1.29, 1.82) is 0 Å². The van der Waals surface area contributed by atoms with E-state index in [1.807, 2.05) is 6.21 Å². The van der Waals surface area contributed by atoms with Crippen LogP contribution in [-0.4, -0.2) is 21.1 Å². The van der Waals surface area contributed by atoms with Crippen LogP contribution in [-0.2, 0) is 0 Å². The number of hydrogen-bond donors (Lipinski definition) is 0. The third-order valence-corrected chi connectivity index (χ3v) is 3.96. The molecule has 1 atom stereocenters. The Labute approximate surface area is 121 Å². The highest BCUT2D eigenvalue weighted by molar-refractivity contribution is 5.65. The van der Waals surface area contributed by atoms with Crippen LogP contribution in [0, 0.1) is 11.3 Å². The van der Waals surface area contributed by atoms with Crippen molar-refractivity contribution in [2.45, 2.75) is 47.0 Å². The molecule has 0 spiro atoms. The Balaban J connectivity index is 2.11. The van der Waals surface area contributed by atoms with Gasteiger partial charge in [0.15, 0.2) is 0 Å². The van der Waals surface area contributed by atoms with Gasteiger partial charge in [-0.2, -0.15) is 5.10 Å². The van der Waals surface area contributed by atoms with Crippen LogP contribution in [0.5, 0.6) is 0 Å². The Hall–Kier alpha value is -1.71. The third-order valence-electron chi connectivity index (χ3n) is 3.96. The molecule has 1 aliphatic carbocycles. The Morgan fingerprint density at radius 1 is 1.50 bits per heavy atom. The molecule has 1 heterocycles. The van der Waals surface area contributed by atoms with Crippen LogP contribution in [0.2, 0.25) is 0 Å². The predicted molar refractivity (Wildman–Crippen MR) is 82.5 cm³/mol. The van der Waals surface area contributed by atoms with Crippen molar-refractivity contribution >= 4 is 6.21 Å². The quantitative estimate of drug-likeness (QED) is 0.604. The molecule has 1 aliphatic rings. The van der Waals surface area contributed by atoms with E-state index in [1.54, 1.807) is 22.9 Å². The fourth-order valence-electron chi connectivity index (χ4n) is 2.83. The maximum atomic E-state index is 4.40. The number of hydrogen-bond acceptors (Lipinski definition) is 3. The molecule has 0 saturated heterocycles. The van der Waals surface area contributed by atoms with Crippen LogP contribution in [0.25, 0.3) is 0 Å². The molecule has 4 heteroatoms. The maximum Gasteiger partial charge on any atom is 0.141 e. The molecule has 0 fully saturated rings. The summed E-state index contributed by atoms with van der Waals surface area (Å²) in [6.45, 7) is 13.0. The zero-order valence-corrected chi connectivity index (χ0v) is 12.9. The first kappa shape index (κ1) is 14.7. The van der Waals surface area contributed by atoms with Gasteiger partial charge in [0.25, 0.3) is 0 Å². The van der Waals surface area contributed by atoms with E-state index in [0.29, 0.717) is 5.92 Å². The van der Waals surface area contributed by atoms with Crippen molar-refractivity contribution in [3.8, 4) is 0 Å². The molecular formula is C16H24N4. The molecule has 1 aromatic rings. The number of nitrogens with zero attached hydrogens (tertiary/aromatic N) is 4. The van der Waals surface area contributed by atoms with Crippen LogP contribution < -0.4 is 0 Å². The summed E-state index contributed by atoms with van der Waals surface area (Å²) in [6.07, 6.45) is 8.64. The van der Waals surface area contributed by atoms with Gasteiger partial charge in [0.2, 0.25) is 0 Å². The molecule has 0 saturated carbocycles. The largest absolute Gasteiger partial charge is 0.208 e. The molecule has 108 valence electrons. The third kappa shape index (κ3) is 3.44. The van der Waals surface area contributed by atoms with Gasteiger partial charge in [0.1, 0.15) is 12.7 Å². The number of allylic oxidation sites excluding steroid dienone is 3. The Bertz CT molecular complexity index is 535. The van der Waals surface area contributed by atoms with E-state index in [9.17, 15) is 0 Å². The van der Waals surface area contributed by atoms with Crippen molar-refractivity contribution in [2.24, 2.45) is 16.4 Å². The second-order valence-electron chi connectivity index (χ2n) is 6.50. The minimum absolute atomic E-state index is 0.0128. The van der Waals surface area contributed by atoms with Crippen LogP contribution >= 0.6 is 0 Å². The fourth-order valence-corrected chi connectivity index (χ4v) is 2.83. The molecular weight excluding hydrogens is 248 g/mol. The van der Waals surface area contributed by atoms with Gasteiger partial charge >= 0.3 is 0 Å². The van der Waals surface area contributed by atoms with E-state index in [2.05, 4.69) is 49.6 Å². The summed E-state index contributed by atoms with van der Waals surface area (Å²) < 4.78 is 1.63. The number of rotatable bonds is 5. The van der Waals surface area contributed by atoms with Crippen molar-refractivity contribution in [2.75, 3.05) is 0 Å². The first-order valence-electron chi connectivity index (χ1n) is 7.13. The summed E-state index contributed by atoms with van der Waals surface area (Å²) >= 11 is 0. The fraction of sp³-hybridized carbons (Fsp3) is 0.562. The highest BCUT2D eigenvalue weighted by Gasteiger charge is 2.28. The number of aromatic nitrogens is 3. The summed E-state index contributed by atoms with van der Waals surface area (Å²) in [6, 6.07) is 0. The lowest BCUT2D eigenvalue weighted by atomic mass is 9.81. The van der Waals surface area contributed by atoms with E-state index in [0.717, 1.165) is 6.42 Å². The molecule has 0 bridgehead atoms. The monoisotopic (exact) mass is 272 g/mol. The van der Waals surface area contributed by atoms with Crippen LogP contribution in [0.1, 0.15) is 47.0 Å². The highest BCUT2D eigenvalue weighted by atomic mass is 15.4. The first-order chi connectivity index (χ1) is 9.39. The second-order valence-corrected chi connectivity index (χ2v) is 6.50. The van der Waals surface area contributed by atoms with Crippen molar-refractivity contribution < 1.29 is 0 Å². The van der Waals surface area contributed by atoms with E-state index < -0.39 is 0 Å². The minimum Gasteiger partial charge on any atom is -0.208 e. The highest BCUT2D eigenvalue weighted by Crippen LogP contribution is 2.41. The molecule has 0 aliphatic heterocycles. The van der Waals surface area contributed by atoms with Crippen LogP contribution in [0.4, 0.5) is 0 Å². The summed E-state index contributed by atoms with van der Waals surface area (Å²) in [7, 11) is 0. The molecule has 1 unspecified atom stereocenters. The van der Waals surface area contributed by atoms with Gasteiger partial charge in [-0.05, 0) is 33.1 Å². The van der Waals surface area contributed by atoms with E-state index in [1.165, 1.54) is 24.0 Å². The standard InChI is InChI=1S/C16H24N4/c1-12(2)14-7-6-13(3)15(14)8-16(4,5)9-19-20-10-17-18-11-20/h9-11,14H,1,6-8H2,2-5H3/b19-9+. The van der Waals surface area contributed by atoms with E-state index in [4.69, 9.17) is 0 Å². The SMILES string of the molecule is C=C(C)C1CCC(C)=C1CC(C)(C)/C=N/n1cnnc1. The molecule has 20 heavy (non-hydrogen) atoms. The van der Waals surface area contributed by atoms with Gasteiger partial charge in [0.05, 0.1) is 0 Å². The van der Waals surface area contributed by atoms with E-state index in [-0.39, 0.29) is 5.41 Å². The molecule has 0 aromatic carbocycles. The van der Waals surface area contributed by atoms with Gasteiger partial charge in [-0.25, -0.2) is 4.68 Å². The lowest BCUT2D eigenvalue weighted by Gasteiger charge is -2.24. The van der Waals surface area contributed by atoms with Gasteiger partial charge in [-0.1, -0.05) is 37.1 Å².